The van der Waals surface area contributed by atoms with Gasteiger partial charge in [0.25, 0.3) is 0 Å². The second-order valence-electron chi connectivity index (χ2n) is 5.53. The van der Waals surface area contributed by atoms with Crippen molar-refractivity contribution < 1.29 is 5.11 Å². The molecule has 0 aromatic heterocycles. The molecule has 1 aliphatic carbocycles. The third kappa shape index (κ3) is 2.60. The molecule has 0 amide bonds. The molecule has 0 bridgehead atoms. The lowest BCUT2D eigenvalue weighted by atomic mass is 9.64. The van der Waals surface area contributed by atoms with E-state index in [2.05, 4.69) is 13.8 Å². The van der Waals surface area contributed by atoms with Gasteiger partial charge in [0.2, 0.25) is 0 Å². The van der Waals surface area contributed by atoms with Crippen LogP contribution in [0.1, 0.15) is 71.6 Å². The smallest absolute Gasteiger partial charge is 0.0713 e. The number of rotatable bonds is 5. The fourth-order valence-electron chi connectivity index (χ4n) is 3.50. The van der Waals surface area contributed by atoms with E-state index in [1.165, 1.54) is 25.7 Å². The quantitative estimate of drug-likeness (QED) is 0.708. The van der Waals surface area contributed by atoms with Gasteiger partial charge in [0.1, 0.15) is 0 Å². The Morgan fingerprint density at radius 1 is 1.12 bits per heavy atom. The highest BCUT2D eigenvalue weighted by Crippen LogP contribution is 2.46. The van der Waals surface area contributed by atoms with E-state index < -0.39 is 5.60 Å². The minimum Gasteiger partial charge on any atom is -0.389 e. The Balaban J connectivity index is 2.89. The first-order chi connectivity index (χ1) is 7.64. The van der Waals surface area contributed by atoms with Crippen molar-refractivity contribution in [3.63, 3.8) is 0 Å². The van der Waals surface area contributed by atoms with Crippen LogP contribution in [0.15, 0.2) is 0 Å². The minimum absolute atomic E-state index is 0.00569. The van der Waals surface area contributed by atoms with Gasteiger partial charge in [-0.05, 0) is 25.7 Å². The average Bonchev–Trinajstić information content (AvgIpc) is 2.55. The monoisotopic (exact) mass is 227 g/mol. The largest absolute Gasteiger partial charge is 0.389 e. The van der Waals surface area contributed by atoms with Crippen molar-refractivity contribution in [3.05, 3.63) is 0 Å². The Hall–Kier alpha value is -0.0800. The Kier molecular flexibility index (Phi) is 5.26. The Labute approximate surface area is 101 Å². The summed E-state index contributed by atoms with van der Waals surface area (Å²) in [4.78, 5) is 0. The molecule has 0 saturated heterocycles. The molecule has 96 valence electrons. The summed E-state index contributed by atoms with van der Waals surface area (Å²) in [6.07, 6.45) is 10.1. The summed E-state index contributed by atoms with van der Waals surface area (Å²) in [5.41, 5.74) is 5.51. The zero-order chi connectivity index (χ0) is 12.1. The zero-order valence-corrected chi connectivity index (χ0v) is 11.1. The van der Waals surface area contributed by atoms with Crippen molar-refractivity contribution in [1.29, 1.82) is 0 Å². The molecule has 2 heteroatoms. The molecule has 2 nitrogen and oxygen atoms in total. The molecule has 0 aromatic carbocycles. The van der Waals surface area contributed by atoms with Gasteiger partial charge in [-0.3, -0.25) is 0 Å². The molecule has 16 heavy (non-hydrogen) atoms. The molecule has 1 unspecified atom stereocenters. The molecule has 0 spiro atoms. The summed E-state index contributed by atoms with van der Waals surface area (Å²) in [6.45, 7) is 4.91. The minimum atomic E-state index is -0.527. The fourth-order valence-corrected chi connectivity index (χ4v) is 3.50. The molecule has 1 rings (SSSR count). The Morgan fingerprint density at radius 3 is 2.06 bits per heavy atom. The van der Waals surface area contributed by atoms with Crippen molar-refractivity contribution in [2.45, 2.75) is 77.2 Å². The number of nitrogens with two attached hydrogens (primary N) is 1. The van der Waals surface area contributed by atoms with E-state index in [1.807, 2.05) is 0 Å². The van der Waals surface area contributed by atoms with Crippen molar-refractivity contribution >= 4 is 0 Å². The third-order valence-electron chi connectivity index (χ3n) is 4.69. The summed E-state index contributed by atoms with van der Waals surface area (Å²) >= 11 is 0. The molecule has 1 atom stereocenters. The van der Waals surface area contributed by atoms with E-state index in [1.54, 1.807) is 0 Å². The summed E-state index contributed by atoms with van der Waals surface area (Å²) in [5.74, 6) is 0. The predicted molar refractivity (Wildman–Crippen MR) is 69.3 cm³/mol. The molecule has 1 aliphatic rings. The highest BCUT2D eigenvalue weighted by Gasteiger charge is 2.46. The summed E-state index contributed by atoms with van der Waals surface area (Å²) in [7, 11) is 0. The van der Waals surface area contributed by atoms with Gasteiger partial charge in [0.15, 0.2) is 0 Å². The molecule has 1 fully saturated rings. The number of hydrogen-bond acceptors (Lipinski definition) is 2. The van der Waals surface area contributed by atoms with Crippen LogP contribution in [0, 0.1) is 5.41 Å². The van der Waals surface area contributed by atoms with E-state index in [0.717, 1.165) is 32.1 Å². The van der Waals surface area contributed by atoms with Gasteiger partial charge < -0.3 is 10.8 Å². The van der Waals surface area contributed by atoms with Crippen LogP contribution in [0.25, 0.3) is 0 Å². The predicted octanol–water partition coefficient (Wildman–Crippen LogP) is 3.23. The lowest BCUT2D eigenvalue weighted by molar-refractivity contribution is -0.0985. The first-order valence-electron chi connectivity index (χ1n) is 7.06. The van der Waals surface area contributed by atoms with Gasteiger partial charge in [-0.1, -0.05) is 46.0 Å². The van der Waals surface area contributed by atoms with Crippen molar-refractivity contribution in [2.24, 2.45) is 11.1 Å². The highest BCUT2D eigenvalue weighted by atomic mass is 16.3. The molecule has 0 aromatic rings. The molecule has 3 N–H and O–H groups in total. The van der Waals surface area contributed by atoms with Gasteiger partial charge in [-0.25, -0.2) is 0 Å². The maximum absolute atomic E-state index is 10.9. The average molecular weight is 227 g/mol. The van der Waals surface area contributed by atoms with Crippen LogP contribution in [0.3, 0.4) is 0 Å². The van der Waals surface area contributed by atoms with E-state index in [9.17, 15) is 5.11 Å². The van der Waals surface area contributed by atoms with Gasteiger partial charge in [-0.15, -0.1) is 0 Å². The van der Waals surface area contributed by atoms with Crippen LogP contribution in [-0.2, 0) is 0 Å². The van der Waals surface area contributed by atoms with Crippen LogP contribution >= 0.6 is 0 Å². The van der Waals surface area contributed by atoms with E-state index in [-0.39, 0.29) is 5.41 Å². The molecule has 1 saturated carbocycles. The fraction of sp³-hybridized carbons (Fsp3) is 1.00. The van der Waals surface area contributed by atoms with Crippen LogP contribution < -0.4 is 5.73 Å². The standard InChI is InChI=1S/C14H29NO/c1-3-9-14(16,4-2)13(12-15)10-7-5-6-8-11-13/h16H,3-12,15H2,1-2H3. The summed E-state index contributed by atoms with van der Waals surface area (Å²) in [5, 5.41) is 10.9. The molecule has 0 heterocycles. The normalized spacial score (nSPS) is 24.8. The lowest BCUT2D eigenvalue weighted by Gasteiger charge is -2.47. The highest BCUT2D eigenvalue weighted by molar-refractivity contribution is 4.99. The second-order valence-corrected chi connectivity index (χ2v) is 5.53. The van der Waals surface area contributed by atoms with Crippen LogP contribution in [0.5, 0.6) is 0 Å². The summed E-state index contributed by atoms with van der Waals surface area (Å²) < 4.78 is 0. The van der Waals surface area contributed by atoms with Gasteiger partial charge in [0.05, 0.1) is 5.60 Å². The van der Waals surface area contributed by atoms with Crippen LogP contribution in [0.4, 0.5) is 0 Å². The molecular weight excluding hydrogens is 198 g/mol. The maximum Gasteiger partial charge on any atom is 0.0713 e. The Bertz CT molecular complexity index is 197. The zero-order valence-electron chi connectivity index (χ0n) is 11.1. The molecular formula is C14H29NO. The topological polar surface area (TPSA) is 46.2 Å². The van der Waals surface area contributed by atoms with E-state index >= 15 is 0 Å². The molecule has 0 aliphatic heterocycles. The Morgan fingerprint density at radius 2 is 1.69 bits per heavy atom. The lowest BCUT2D eigenvalue weighted by Crippen LogP contribution is -2.52. The van der Waals surface area contributed by atoms with Crippen molar-refractivity contribution in [1.82, 2.24) is 0 Å². The second kappa shape index (κ2) is 6.02. The van der Waals surface area contributed by atoms with E-state index in [0.29, 0.717) is 6.54 Å². The third-order valence-corrected chi connectivity index (χ3v) is 4.69. The summed E-state index contributed by atoms with van der Waals surface area (Å²) in [6, 6.07) is 0. The van der Waals surface area contributed by atoms with Crippen LogP contribution in [-0.4, -0.2) is 17.3 Å². The van der Waals surface area contributed by atoms with Crippen LogP contribution in [0.2, 0.25) is 0 Å². The number of hydrogen-bond donors (Lipinski definition) is 2. The maximum atomic E-state index is 10.9. The molecule has 0 radical (unpaired) electrons. The van der Waals surface area contributed by atoms with Gasteiger partial charge in [-0.2, -0.15) is 0 Å². The number of aliphatic hydroxyl groups is 1. The van der Waals surface area contributed by atoms with E-state index in [4.69, 9.17) is 5.73 Å². The first kappa shape index (κ1) is 14.0. The SMILES string of the molecule is CCCC(O)(CC)C1(CN)CCCCCC1. The van der Waals surface area contributed by atoms with Gasteiger partial charge >= 0.3 is 0 Å². The first-order valence-corrected chi connectivity index (χ1v) is 7.06. The van der Waals surface area contributed by atoms with Crippen molar-refractivity contribution in [3.8, 4) is 0 Å². The van der Waals surface area contributed by atoms with Gasteiger partial charge in [0, 0.05) is 12.0 Å². The van der Waals surface area contributed by atoms with Crippen molar-refractivity contribution in [2.75, 3.05) is 6.54 Å².